The van der Waals surface area contributed by atoms with Crippen LogP contribution in [-0.4, -0.2) is 6.03 Å². The Hall–Kier alpha value is -1.88. The number of amides is 2. The van der Waals surface area contributed by atoms with Crippen molar-refractivity contribution in [1.29, 1.82) is 0 Å². The molecule has 0 saturated heterocycles. The molecule has 0 fully saturated rings. The van der Waals surface area contributed by atoms with Gasteiger partial charge in [0.25, 0.3) is 0 Å². The number of aryl methyl sites for hydroxylation is 2. The molecule has 2 aromatic rings. The summed E-state index contributed by atoms with van der Waals surface area (Å²) in [6.45, 7) is 5.90. The lowest BCUT2D eigenvalue weighted by Gasteiger charge is -2.09. The monoisotopic (exact) mass is 292 g/mol. The highest BCUT2D eigenvalue weighted by atomic mass is 32.1. The lowest BCUT2D eigenvalue weighted by Crippen LogP contribution is -2.20. The molecule has 0 aliphatic carbocycles. The molecular weight excluding hydrogens is 275 g/mol. The third kappa shape index (κ3) is 3.17. The predicted molar refractivity (Wildman–Crippen MR) is 82.2 cm³/mol. The van der Waals surface area contributed by atoms with Crippen molar-refractivity contribution in [3.63, 3.8) is 0 Å². The van der Waals surface area contributed by atoms with Crippen LogP contribution in [0.3, 0.4) is 0 Å². The molecule has 0 atom stereocenters. The standard InChI is InChI=1S/C15H17FN2OS/c1-4-11-10(3)8-20-14(11)18-15(19)17-13-7-9(2)5-6-12(13)16/h5-8H,4H2,1-3H3,(H2,17,18,19). The summed E-state index contributed by atoms with van der Waals surface area (Å²) in [5.74, 6) is -0.441. The van der Waals surface area contributed by atoms with Crippen molar-refractivity contribution in [2.45, 2.75) is 27.2 Å². The SMILES string of the molecule is CCc1c(C)csc1NC(=O)Nc1cc(C)ccc1F. The zero-order valence-corrected chi connectivity index (χ0v) is 12.5. The predicted octanol–water partition coefficient (Wildman–Crippen LogP) is 4.71. The van der Waals surface area contributed by atoms with E-state index in [1.165, 1.54) is 17.4 Å². The number of hydrogen-bond acceptors (Lipinski definition) is 2. The highest BCUT2D eigenvalue weighted by Gasteiger charge is 2.12. The molecule has 0 saturated carbocycles. The Morgan fingerprint density at radius 1 is 1.30 bits per heavy atom. The number of carbonyl (C=O) groups is 1. The molecule has 2 N–H and O–H groups in total. The minimum Gasteiger partial charge on any atom is -0.305 e. The van der Waals surface area contributed by atoms with Crippen molar-refractivity contribution in [2.24, 2.45) is 0 Å². The van der Waals surface area contributed by atoms with Crippen LogP contribution in [-0.2, 0) is 6.42 Å². The zero-order valence-electron chi connectivity index (χ0n) is 11.7. The molecule has 0 bridgehead atoms. The van der Waals surface area contributed by atoms with Crippen LogP contribution in [0.1, 0.15) is 23.6 Å². The Morgan fingerprint density at radius 2 is 2.05 bits per heavy atom. The highest BCUT2D eigenvalue weighted by molar-refractivity contribution is 7.14. The van der Waals surface area contributed by atoms with Gasteiger partial charge in [-0.05, 0) is 54.5 Å². The van der Waals surface area contributed by atoms with Gasteiger partial charge in [-0.2, -0.15) is 0 Å². The largest absolute Gasteiger partial charge is 0.324 e. The molecule has 0 aliphatic heterocycles. The third-order valence-corrected chi connectivity index (χ3v) is 4.11. The van der Waals surface area contributed by atoms with Crippen LogP contribution in [0.15, 0.2) is 23.6 Å². The second-order valence-corrected chi connectivity index (χ2v) is 5.52. The third-order valence-electron chi connectivity index (χ3n) is 3.05. The van der Waals surface area contributed by atoms with Gasteiger partial charge in [0.15, 0.2) is 0 Å². The Bertz CT molecular complexity index is 637. The summed E-state index contributed by atoms with van der Waals surface area (Å²) in [5, 5.41) is 8.14. The molecule has 20 heavy (non-hydrogen) atoms. The number of rotatable bonds is 3. The summed E-state index contributed by atoms with van der Waals surface area (Å²) in [6, 6.07) is 4.19. The van der Waals surface area contributed by atoms with Crippen molar-refractivity contribution in [1.82, 2.24) is 0 Å². The van der Waals surface area contributed by atoms with Gasteiger partial charge < -0.3 is 5.32 Å². The van der Waals surface area contributed by atoms with E-state index in [2.05, 4.69) is 10.6 Å². The lowest BCUT2D eigenvalue weighted by atomic mass is 10.1. The fourth-order valence-corrected chi connectivity index (χ4v) is 3.04. The molecule has 1 heterocycles. The fraction of sp³-hybridized carbons (Fsp3) is 0.267. The van der Waals surface area contributed by atoms with E-state index in [1.807, 2.05) is 26.2 Å². The van der Waals surface area contributed by atoms with Gasteiger partial charge in [0.05, 0.1) is 10.7 Å². The van der Waals surface area contributed by atoms with E-state index < -0.39 is 11.8 Å². The summed E-state index contributed by atoms with van der Waals surface area (Å²) in [4.78, 5) is 11.9. The van der Waals surface area contributed by atoms with Gasteiger partial charge in [-0.25, -0.2) is 9.18 Å². The van der Waals surface area contributed by atoms with E-state index in [0.29, 0.717) is 0 Å². The first-order valence-corrected chi connectivity index (χ1v) is 7.30. The Kier molecular flexibility index (Phi) is 4.39. The first-order chi connectivity index (χ1) is 9.51. The smallest absolute Gasteiger partial charge is 0.305 e. The number of nitrogens with one attached hydrogen (secondary N) is 2. The van der Waals surface area contributed by atoms with Crippen LogP contribution in [0.2, 0.25) is 0 Å². The van der Waals surface area contributed by atoms with Crippen molar-refractivity contribution in [2.75, 3.05) is 10.6 Å². The Balaban J connectivity index is 2.11. The van der Waals surface area contributed by atoms with Crippen LogP contribution in [0.4, 0.5) is 19.9 Å². The number of thiophene rings is 1. The Labute approximate surface area is 121 Å². The number of carbonyl (C=O) groups excluding carboxylic acids is 1. The van der Waals surface area contributed by atoms with Gasteiger partial charge in [0.1, 0.15) is 5.82 Å². The second kappa shape index (κ2) is 6.05. The molecule has 0 aliphatic rings. The highest BCUT2D eigenvalue weighted by Crippen LogP contribution is 2.28. The number of urea groups is 1. The molecule has 106 valence electrons. The topological polar surface area (TPSA) is 41.1 Å². The quantitative estimate of drug-likeness (QED) is 0.845. The van der Waals surface area contributed by atoms with E-state index in [0.717, 1.165) is 28.1 Å². The lowest BCUT2D eigenvalue weighted by molar-refractivity contribution is 0.262. The van der Waals surface area contributed by atoms with Crippen molar-refractivity contribution in [3.8, 4) is 0 Å². The van der Waals surface area contributed by atoms with E-state index in [4.69, 9.17) is 0 Å². The van der Waals surface area contributed by atoms with Crippen LogP contribution in [0.5, 0.6) is 0 Å². The van der Waals surface area contributed by atoms with Crippen molar-refractivity contribution >= 4 is 28.1 Å². The zero-order chi connectivity index (χ0) is 14.7. The van der Waals surface area contributed by atoms with E-state index in [9.17, 15) is 9.18 Å². The number of hydrogen-bond donors (Lipinski definition) is 2. The average molecular weight is 292 g/mol. The van der Waals surface area contributed by atoms with Crippen LogP contribution < -0.4 is 10.6 Å². The minimum absolute atomic E-state index is 0.189. The van der Waals surface area contributed by atoms with Crippen LogP contribution >= 0.6 is 11.3 Å². The Morgan fingerprint density at radius 3 is 2.75 bits per heavy atom. The van der Waals surface area contributed by atoms with Crippen LogP contribution in [0, 0.1) is 19.7 Å². The first-order valence-electron chi connectivity index (χ1n) is 6.42. The van der Waals surface area contributed by atoms with Gasteiger partial charge in [0, 0.05) is 0 Å². The maximum atomic E-state index is 13.6. The maximum absolute atomic E-state index is 13.6. The second-order valence-electron chi connectivity index (χ2n) is 4.64. The normalized spacial score (nSPS) is 10.4. The first kappa shape index (κ1) is 14.5. The number of halogens is 1. The molecule has 2 amide bonds. The molecule has 1 aromatic heterocycles. The molecule has 2 rings (SSSR count). The van der Waals surface area contributed by atoms with Crippen molar-refractivity contribution < 1.29 is 9.18 Å². The molecule has 3 nitrogen and oxygen atoms in total. The number of anilines is 2. The van der Waals surface area contributed by atoms with Gasteiger partial charge in [-0.3, -0.25) is 5.32 Å². The molecule has 5 heteroatoms. The van der Waals surface area contributed by atoms with E-state index >= 15 is 0 Å². The summed E-state index contributed by atoms with van der Waals surface area (Å²) in [6.07, 6.45) is 0.851. The molecule has 0 unspecified atom stereocenters. The summed E-state index contributed by atoms with van der Waals surface area (Å²) < 4.78 is 13.6. The minimum atomic E-state index is -0.441. The molecule has 1 aromatic carbocycles. The number of benzene rings is 1. The molecular formula is C15H17FN2OS. The van der Waals surface area contributed by atoms with E-state index in [-0.39, 0.29) is 5.69 Å². The fourth-order valence-electron chi connectivity index (χ4n) is 2.00. The molecule has 0 radical (unpaired) electrons. The van der Waals surface area contributed by atoms with Gasteiger partial charge in [-0.15, -0.1) is 11.3 Å². The molecule has 0 spiro atoms. The maximum Gasteiger partial charge on any atom is 0.324 e. The average Bonchev–Trinajstić information content (AvgIpc) is 2.74. The van der Waals surface area contributed by atoms with Gasteiger partial charge in [0.2, 0.25) is 0 Å². The van der Waals surface area contributed by atoms with Crippen molar-refractivity contribution in [3.05, 3.63) is 46.1 Å². The van der Waals surface area contributed by atoms with Gasteiger partial charge >= 0.3 is 6.03 Å². The summed E-state index contributed by atoms with van der Waals surface area (Å²) >= 11 is 1.48. The van der Waals surface area contributed by atoms with Crippen LogP contribution in [0.25, 0.3) is 0 Å². The van der Waals surface area contributed by atoms with Gasteiger partial charge in [-0.1, -0.05) is 13.0 Å². The summed E-state index contributed by atoms with van der Waals surface area (Å²) in [5.41, 5.74) is 3.36. The van der Waals surface area contributed by atoms with E-state index in [1.54, 1.807) is 12.1 Å². The summed E-state index contributed by atoms with van der Waals surface area (Å²) in [7, 11) is 0.